The highest BCUT2D eigenvalue weighted by molar-refractivity contribution is 6.04. The molecule has 0 aliphatic heterocycles. The zero-order valence-electron chi connectivity index (χ0n) is 14.7. The van der Waals surface area contributed by atoms with Gasteiger partial charge in [-0.1, -0.05) is 0 Å². The minimum Gasteiger partial charge on any atom is -0.497 e. The van der Waals surface area contributed by atoms with Crippen LogP contribution in [0.15, 0.2) is 54.9 Å². The SMILES string of the molecule is COc1ccc(Oc2cc(NC(=O)c3cnn(C)c3)ccc2OC)cc1. The van der Waals surface area contributed by atoms with E-state index in [1.54, 1.807) is 74.6 Å². The Kier molecular flexibility index (Phi) is 5.07. The summed E-state index contributed by atoms with van der Waals surface area (Å²) < 4.78 is 17.9. The molecular formula is C19H19N3O4. The van der Waals surface area contributed by atoms with Crippen molar-refractivity contribution in [2.75, 3.05) is 19.5 Å². The van der Waals surface area contributed by atoms with Crippen molar-refractivity contribution in [3.8, 4) is 23.0 Å². The van der Waals surface area contributed by atoms with Gasteiger partial charge in [-0.2, -0.15) is 5.10 Å². The molecule has 0 saturated carbocycles. The molecule has 1 heterocycles. The number of rotatable bonds is 6. The van der Waals surface area contributed by atoms with Gasteiger partial charge < -0.3 is 19.5 Å². The molecule has 7 nitrogen and oxygen atoms in total. The van der Waals surface area contributed by atoms with Crippen LogP contribution in [0.25, 0.3) is 0 Å². The highest BCUT2D eigenvalue weighted by Crippen LogP contribution is 2.34. The van der Waals surface area contributed by atoms with E-state index >= 15 is 0 Å². The summed E-state index contributed by atoms with van der Waals surface area (Å²) in [5.41, 5.74) is 1.06. The number of hydrogen-bond donors (Lipinski definition) is 1. The van der Waals surface area contributed by atoms with Crippen LogP contribution in [-0.2, 0) is 7.05 Å². The van der Waals surface area contributed by atoms with Gasteiger partial charge in [0, 0.05) is 25.0 Å². The number of benzene rings is 2. The van der Waals surface area contributed by atoms with Crippen LogP contribution >= 0.6 is 0 Å². The molecule has 1 aromatic heterocycles. The van der Waals surface area contributed by atoms with Crippen LogP contribution in [0.3, 0.4) is 0 Å². The first-order chi connectivity index (χ1) is 12.6. The van der Waals surface area contributed by atoms with E-state index < -0.39 is 0 Å². The van der Waals surface area contributed by atoms with Gasteiger partial charge in [-0.15, -0.1) is 0 Å². The van der Waals surface area contributed by atoms with E-state index in [2.05, 4.69) is 10.4 Å². The highest BCUT2D eigenvalue weighted by atomic mass is 16.5. The van der Waals surface area contributed by atoms with Crippen molar-refractivity contribution in [3.05, 3.63) is 60.4 Å². The summed E-state index contributed by atoms with van der Waals surface area (Å²) in [5, 5.41) is 6.81. The fourth-order valence-electron chi connectivity index (χ4n) is 2.35. The topological polar surface area (TPSA) is 74.6 Å². The number of hydrogen-bond acceptors (Lipinski definition) is 5. The number of carbonyl (C=O) groups excluding carboxylic acids is 1. The molecular weight excluding hydrogens is 334 g/mol. The molecule has 0 unspecified atom stereocenters. The van der Waals surface area contributed by atoms with Crippen LogP contribution in [0.1, 0.15) is 10.4 Å². The number of aromatic nitrogens is 2. The molecule has 2 aromatic carbocycles. The molecule has 1 amide bonds. The summed E-state index contributed by atoms with van der Waals surface area (Å²) in [6.07, 6.45) is 3.15. The first-order valence-electron chi connectivity index (χ1n) is 7.89. The lowest BCUT2D eigenvalue weighted by atomic mass is 10.2. The van der Waals surface area contributed by atoms with Gasteiger partial charge in [0.15, 0.2) is 11.5 Å². The fourth-order valence-corrected chi connectivity index (χ4v) is 2.35. The Morgan fingerprint density at radius 3 is 2.35 bits per heavy atom. The molecule has 0 aliphatic carbocycles. The molecule has 7 heteroatoms. The largest absolute Gasteiger partial charge is 0.497 e. The summed E-state index contributed by atoms with van der Waals surface area (Å²) >= 11 is 0. The van der Waals surface area contributed by atoms with Gasteiger partial charge in [0.1, 0.15) is 11.5 Å². The van der Waals surface area contributed by atoms with Gasteiger partial charge in [0.25, 0.3) is 5.91 Å². The third kappa shape index (κ3) is 3.94. The van der Waals surface area contributed by atoms with Crippen LogP contribution < -0.4 is 19.5 Å². The smallest absolute Gasteiger partial charge is 0.258 e. The summed E-state index contributed by atoms with van der Waals surface area (Å²) in [7, 11) is 4.92. The fraction of sp³-hybridized carbons (Fsp3) is 0.158. The van der Waals surface area contributed by atoms with E-state index in [9.17, 15) is 4.79 Å². The van der Waals surface area contributed by atoms with Gasteiger partial charge in [0.2, 0.25) is 0 Å². The quantitative estimate of drug-likeness (QED) is 0.734. The first kappa shape index (κ1) is 17.3. The van der Waals surface area contributed by atoms with E-state index in [0.717, 1.165) is 5.75 Å². The number of methoxy groups -OCH3 is 2. The zero-order valence-corrected chi connectivity index (χ0v) is 14.7. The highest BCUT2D eigenvalue weighted by Gasteiger charge is 2.12. The number of carbonyl (C=O) groups is 1. The Bertz CT molecular complexity index is 903. The lowest BCUT2D eigenvalue weighted by Crippen LogP contribution is -2.11. The molecule has 0 aliphatic rings. The third-order valence-corrected chi connectivity index (χ3v) is 3.68. The molecule has 1 N–H and O–H groups in total. The van der Waals surface area contributed by atoms with Crippen molar-refractivity contribution in [2.45, 2.75) is 0 Å². The molecule has 0 spiro atoms. The predicted molar refractivity (Wildman–Crippen MR) is 97.2 cm³/mol. The van der Waals surface area contributed by atoms with Gasteiger partial charge in [-0.05, 0) is 36.4 Å². The van der Waals surface area contributed by atoms with Gasteiger partial charge in [0.05, 0.1) is 26.0 Å². The Morgan fingerprint density at radius 1 is 1.00 bits per heavy atom. The average Bonchev–Trinajstić information content (AvgIpc) is 3.09. The maximum atomic E-state index is 12.3. The van der Waals surface area contributed by atoms with Crippen molar-refractivity contribution >= 4 is 11.6 Å². The summed E-state index contributed by atoms with van der Waals surface area (Å²) in [6.45, 7) is 0. The predicted octanol–water partition coefficient (Wildman–Crippen LogP) is 3.48. The number of nitrogens with one attached hydrogen (secondary N) is 1. The number of ether oxygens (including phenoxy) is 3. The Hall–Kier alpha value is -3.48. The van der Waals surface area contributed by atoms with Crippen molar-refractivity contribution in [1.82, 2.24) is 9.78 Å². The van der Waals surface area contributed by atoms with Crippen molar-refractivity contribution in [3.63, 3.8) is 0 Å². The molecule has 0 fully saturated rings. The second-order valence-electron chi connectivity index (χ2n) is 5.50. The zero-order chi connectivity index (χ0) is 18.5. The number of aryl methyl sites for hydroxylation is 1. The van der Waals surface area contributed by atoms with Crippen molar-refractivity contribution < 1.29 is 19.0 Å². The van der Waals surface area contributed by atoms with Crippen LogP contribution in [0.4, 0.5) is 5.69 Å². The normalized spacial score (nSPS) is 10.3. The second kappa shape index (κ2) is 7.60. The molecule has 0 radical (unpaired) electrons. The van der Waals surface area contributed by atoms with E-state index in [1.807, 2.05) is 0 Å². The molecule has 0 saturated heterocycles. The summed E-state index contributed by atoms with van der Waals surface area (Å²) in [4.78, 5) is 12.3. The van der Waals surface area contributed by atoms with Crippen LogP contribution in [0, 0.1) is 0 Å². The van der Waals surface area contributed by atoms with Gasteiger partial charge in [-0.3, -0.25) is 9.48 Å². The summed E-state index contributed by atoms with van der Waals surface area (Å²) in [6, 6.07) is 12.4. The van der Waals surface area contributed by atoms with E-state index in [1.165, 1.54) is 6.20 Å². The molecule has 3 rings (SSSR count). The molecule has 0 bridgehead atoms. The third-order valence-electron chi connectivity index (χ3n) is 3.68. The molecule has 134 valence electrons. The first-order valence-corrected chi connectivity index (χ1v) is 7.89. The Morgan fingerprint density at radius 2 is 1.73 bits per heavy atom. The lowest BCUT2D eigenvalue weighted by molar-refractivity contribution is 0.102. The standard InChI is InChI=1S/C19H19N3O4/c1-22-12-13(11-20-22)19(23)21-14-4-9-17(25-3)18(10-14)26-16-7-5-15(24-2)6-8-16/h4-12H,1-3H3,(H,21,23). The molecule has 26 heavy (non-hydrogen) atoms. The van der Waals surface area contributed by atoms with Crippen molar-refractivity contribution in [2.24, 2.45) is 7.05 Å². The number of nitrogens with zero attached hydrogens (tertiary/aromatic N) is 2. The molecule has 0 atom stereocenters. The monoisotopic (exact) mass is 353 g/mol. The van der Waals surface area contributed by atoms with E-state index in [-0.39, 0.29) is 5.91 Å². The molecule has 3 aromatic rings. The summed E-state index contributed by atoms with van der Waals surface area (Å²) in [5.74, 6) is 2.15. The lowest BCUT2D eigenvalue weighted by Gasteiger charge is -2.13. The van der Waals surface area contributed by atoms with Gasteiger partial charge >= 0.3 is 0 Å². The van der Waals surface area contributed by atoms with Crippen molar-refractivity contribution in [1.29, 1.82) is 0 Å². The van der Waals surface area contributed by atoms with Crippen LogP contribution in [0.5, 0.6) is 23.0 Å². The van der Waals surface area contributed by atoms with Gasteiger partial charge in [-0.25, -0.2) is 0 Å². The Labute approximate surface area is 151 Å². The van der Waals surface area contributed by atoms with Crippen LogP contribution in [-0.4, -0.2) is 29.9 Å². The Balaban J connectivity index is 1.80. The maximum absolute atomic E-state index is 12.3. The number of anilines is 1. The van der Waals surface area contributed by atoms with E-state index in [4.69, 9.17) is 14.2 Å². The second-order valence-corrected chi connectivity index (χ2v) is 5.50. The van der Waals surface area contributed by atoms with Crippen LogP contribution in [0.2, 0.25) is 0 Å². The number of amides is 1. The minimum absolute atomic E-state index is 0.251. The minimum atomic E-state index is -0.251. The van der Waals surface area contributed by atoms with E-state index in [0.29, 0.717) is 28.5 Å². The average molecular weight is 353 g/mol. The maximum Gasteiger partial charge on any atom is 0.258 e.